The van der Waals surface area contributed by atoms with Gasteiger partial charge in [0.25, 0.3) is 0 Å². The molecule has 2 aromatic carbocycles. The van der Waals surface area contributed by atoms with Gasteiger partial charge < -0.3 is 4.90 Å². The zero-order chi connectivity index (χ0) is 28.2. The molecule has 1 heterocycles. The second-order valence-electron chi connectivity index (χ2n) is 9.32. The Morgan fingerprint density at radius 3 is 1.95 bits per heavy atom. The third-order valence-electron chi connectivity index (χ3n) is 6.55. The Kier molecular flexibility index (Phi) is 7.27. The van der Waals surface area contributed by atoms with Crippen molar-refractivity contribution in [1.82, 2.24) is 0 Å². The molecule has 0 aromatic heterocycles. The molecule has 1 saturated heterocycles. The molecular formula is C23H23F6NO5S2. The van der Waals surface area contributed by atoms with E-state index in [1.54, 1.807) is 0 Å². The number of hydrogen-bond acceptors (Lipinski definition) is 5. The zero-order valence-electron chi connectivity index (χ0n) is 19.8. The van der Waals surface area contributed by atoms with Crippen LogP contribution in [0, 0.1) is 5.92 Å². The van der Waals surface area contributed by atoms with Gasteiger partial charge in [-0.1, -0.05) is 6.07 Å². The molecule has 204 valence electrons. The molecule has 3 rings (SSSR count). The van der Waals surface area contributed by atoms with Crippen LogP contribution in [-0.2, 0) is 36.8 Å². The van der Waals surface area contributed by atoms with Crippen molar-refractivity contribution >= 4 is 31.3 Å². The molecule has 0 spiro atoms. The Morgan fingerprint density at radius 1 is 0.865 bits per heavy atom. The highest BCUT2D eigenvalue weighted by molar-refractivity contribution is 7.92. The number of hydrogen-bond donors (Lipinski definition) is 0. The molecule has 0 N–H and O–H groups in total. The lowest BCUT2D eigenvalue weighted by molar-refractivity contribution is -0.138. The van der Waals surface area contributed by atoms with Crippen LogP contribution in [-0.4, -0.2) is 40.3 Å². The number of piperidine rings is 1. The van der Waals surface area contributed by atoms with Gasteiger partial charge in [0.2, 0.25) is 5.91 Å². The van der Waals surface area contributed by atoms with Crippen molar-refractivity contribution in [2.45, 2.75) is 53.6 Å². The first-order chi connectivity index (χ1) is 16.7. The van der Waals surface area contributed by atoms with Gasteiger partial charge in [-0.3, -0.25) is 4.79 Å². The van der Waals surface area contributed by atoms with Crippen LogP contribution in [0.25, 0.3) is 0 Å². The fourth-order valence-corrected chi connectivity index (χ4v) is 6.94. The van der Waals surface area contributed by atoms with Gasteiger partial charge in [-0.25, -0.2) is 16.8 Å². The third kappa shape index (κ3) is 5.64. The molecule has 0 aliphatic carbocycles. The predicted octanol–water partition coefficient (Wildman–Crippen LogP) is 5.12. The summed E-state index contributed by atoms with van der Waals surface area (Å²) in [6.45, 7) is 2.37. The zero-order valence-corrected chi connectivity index (χ0v) is 21.4. The highest BCUT2D eigenvalue weighted by Gasteiger charge is 2.47. The summed E-state index contributed by atoms with van der Waals surface area (Å²) in [5.74, 6) is -1.60. The Labute approximate surface area is 210 Å². The third-order valence-corrected chi connectivity index (χ3v) is 10.3. The monoisotopic (exact) mass is 571 g/mol. The quantitative estimate of drug-likeness (QED) is 0.465. The van der Waals surface area contributed by atoms with Crippen LogP contribution in [0.2, 0.25) is 0 Å². The molecule has 1 fully saturated rings. The molecule has 6 nitrogen and oxygen atoms in total. The van der Waals surface area contributed by atoms with E-state index in [-0.39, 0.29) is 18.7 Å². The summed E-state index contributed by atoms with van der Waals surface area (Å²) in [4.78, 5) is 12.7. The van der Waals surface area contributed by atoms with E-state index in [0.29, 0.717) is 24.5 Å². The minimum absolute atomic E-state index is 0.00115. The van der Waals surface area contributed by atoms with Crippen molar-refractivity contribution in [2.24, 2.45) is 5.92 Å². The molecule has 0 saturated carbocycles. The molecule has 1 aliphatic heterocycles. The van der Waals surface area contributed by atoms with Crippen molar-refractivity contribution in [2.75, 3.05) is 17.7 Å². The van der Waals surface area contributed by atoms with Gasteiger partial charge in [-0.05, 0) is 62.6 Å². The van der Waals surface area contributed by atoms with E-state index in [1.165, 1.54) is 13.8 Å². The van der Waals surface area contributed by atoms with E-state index in [0.717, 1.165) is 29.2 Å². The van der Waals surface area contributed by atoms with Gasteiger partial charge in [0.15, 0.2) is 19.7 Å². The summed E-state index contributed by atoms with van der Waals surface area (Å²) in [6.07, 6.45) is -9.31. The van der Waals surface area contributed by atoms with Gasteiger partial charge in [-0.2, -0.15) is 26.3 Å². The summed E-state index contributed by atoms with van der Waals surface area (Å²) in [6, 6.07) is 5.21. The summed E-state index contributed by atoms with van der Waals surface area (Å²) >= 11 is 0. The van der Waals surface area contributed by atoms with Crippen molar-refractivity contribution < 1.29 is 48.0 Å². The summed E-state index contributed by atoms with van der Waals surface area (Å²) in [5.41, 5.74) is -2.63. The number of benzene rings is 2. The fourth-order valence-electron chi connectivity index (χ4n) is 4.25. The number of halogens is 6. The number of carbonyl (C=O) groups excluding carboxylic acids is 1. The van der Waals surface area contributed by atoms with E-state index in [9.17, 15) is 48.0 Å². The lowest BCUT2D eigenvalue weighted by Crippen LogP contribution is -2.49. The van der Waals surface area contributed by atoms with Crippen molar-refractivity contribution in [1.29, 1.82) is 0 Å². The first kappa shape index (κ1) is 29.0. The van der Waals surface area contributed by atoms with Crippen molar-refractivity contribution in [3.05, 3.63) is 53.6 Å². The fraction of sp³-hybridized carbons (Fsp3) is 0.435. The first-order valence-corrected chi connectivity index (χ1v) is 14.2. The number of amides is 1. The summed E-state index contributed by atoms with van der Waals surface area (Å²) in [5, 5.41) is 0. The average molecular weight is 572 g/mol. The van der Waals surface area contributed by atoms with E-state index in [2.05, 4.69) is 0 Å². The number of rotatable bonds is 5. The Balaban J connectivity index is 1.94. The molecule has 37 heavy (non-hydrogen) atoms. The van der Waals surface area contributed by atoms with Gasteiger partial charge in [0, 0.05) is 19.2 Å². The Morgan fingerprint density at radius 2 is 1.43 bits per heavy atom. The molecule has 2 aromatic rings. The van der Waals surface area contributed by atoms with Gasteiger partial charge in [-0.15, -0.1) is 0 Å². The molecular weight excluding hydrogens is 548 g/mol. The molecule has 0 bridgehead atoms. The Hall–Kier alpha value is -2.61. The second kappa shape index (κ2) is 9.29. The summed E-state index contributed by atoms with van der Waals surface area (Å²) in [7, 11) is -8.56. The second-order valence-corrected chi connectivity index (χ2v) is 13.8. The van der Waals surface area contributed by atoms with Crippen molar-refractivity contribution in [3.8, 4) is 0 Å². The minimum atomic E-state index is -4.82. The number of alkyl halides is 6. The van der Waals surface area contributed by atoms with Crippen LogP contribution < -0.4 is 4.90 Å². The number of carbonyl (C=O) groups is 1. The molecule has 0 unspecified atom stereocenters. The number of anilines is 1. The largest absolute Gasteiger partial charge is 0.416 e. The maximum absolute atomic E-state index is 13.3. The van der Waals surface area contributed by atoms with Crippen molar-refractivity contribution in [3.63, 3.8) is 0 Å². The molecule has 0 radical (unpaired) electrons. The first-order valence-electron chi connectivity index (χ1n) is 10.8. The topological polar surface area (TPSA) is 88.6 Å². The number of sulfone groups is 2. The van der Waals surface area contributed by atoms with Crippen LogP contribution in [0.5, 0.6) is 0 Å². The average Bonchev–Trinajstić information content (AvgIpc) is 2.77. The van der Waals surface area contributed by atoms with Gasteiger partial charge >= 0.3 is 12.4 Å². The predicted molar refractivity (Wildman–Crippen MR) is 122 cm³/mol. The molecule has 1 aliphatic rings. The maximum Gasteiger partial charge on any atom is 0.416 e. The normalized spacial score (nSPS) is 18.2. The van der Waals surface area contributed by atoms with Gasteiger partial charge in [0.05, 0.1) is 31.4 Å². The van der Waals surface area contributed by atoms with E-state index < -0.39 is 75.9 Å². The van der Waals surface area contributed by atoms with Crippen LogP contribution in [0.4, 0.5) is 32.0 Å². The van der Waals surface area contributed by atoms with E-state index >= 15 is 0 Å². The summed E-state index contributed by atoms with van der Waals surface area (Å²) < 4.78 is 128. The van der Waals surface area contributed by atoms with Crippen LogP contribution in [0.3, 0.4) is 0 Å². The lowest BCUT2D eigenvalue weighted by atomic mass is 9.85. The molecule has 1 atom stereocenters. The smallest absolute Gasteiger partial charge is 0.311 e. The number of nitrogens with zero attached hydrogens (tertiary/aromatic N) is 1. The van der Waals surface area contributed by atoms with E-state index in [1.807, 2.05) is 0 Å². The highest BCUT2D eigenvalue weighted by Crippen LogP contribution is 2.42. The van der Waals surface area contributed by atoms with Crippen LogP contribution in [0.15, 0.2) is 52.3 Å². The SMILES string of the molecule is CC(C)([C@H]1CCN(c2ccc(C(F)(F)F)cc2S(C)(=O)=O)C(=O)C1)S(=O)(=O)c1cccc(C(F)(F)F)c1. The molecule has 1 amide bonds. The van der Waals surface area contributed by atoms with Gasteiger partial charge in [0.1, 0.15) is 0 Å². The lowest BCUT2D eigenvalue weighted by Gasteiger charge is -2.40. The maximum atomic E-state index is 13.3. The molecule has 14 heteroatoms. The van der Waals surface area contributed by atoms with Crippen LogP contribution in [0.1, 0.15) is 37.8 Å². The Bertz CT molecular complexity index is 1430. The van der Waals surface area contributed by atoms with E-state index in [4.69, 9.17) is 0 Å². The van der Waals surface area contributed by atoms with Crippen LogP contribution >= 0.6 is 0 Å². The minimum Gasteiger partial charge on any atom is -0.311 e. The highest BCUT2D eigenvalue weighted by atomic mass is 32.2. The standard InChI is InChI=1S/C23H23F6NO5S2/c1-21(2,37(34,35)17-6-4-5-15(11-17)22(24,25)26)14-9-10-30(20(31)13-14)18-8-7-16(23(27,28)29)12-19(18)36(3,32)33/h4-8,11-12,14H,9-10,13H2,1-3H3/t14-/m0/s1.